The van der Waals surface area contributed by atoms with E-state index in [1.54, 1.807) is 18.2 Å². The Labute approximate surface area is 177 Å². The van der Waals surface area contributed by atoms with Gasteiger partial charge in [0.25, 0.3) is 5.91 Å². The van der Waals surface area contributed by atoms with Gasteiger partial charge in [-0.05, 0) is 42.9 Å². The molecule has 0 unspecified atom stereocenters. The van der Waals surface area contributed by atoms with Gasteiger partial charge in [0.15, 0.2) is 6.61 Å². The van der Waals surface area contributed by atoms with Crippen LogP contribution in [-0.4, -0.2) is 52.5 Å². The van der Waals surface area contributed by atoms with Crippen molar-refractivity contribution in [3.05, 3.63) is 29.8 Å². The molecule has 3 aliphatic rings. The van der Waals surface area contributed by atoms with E-state index in [4.69, 9.17) is 27.9 Å². The molecule has 4 rings (SSSR count). The first-order valence-electron chi connectivity index (χ1n) is 9.43. The largest absolute Gasteiger partial charge is 0.454 e. The molecule has 0 radical (unpaired) electrons. The Hall–Kier alpha value is -2.12. The summed E-state index contributed by atoms with van der Waals surface area (Å²) in [5.74, 6) is -3.44. The second-order valence-corrected chi connectivity index (χ2v) is 8.85. The predicted molar refractivity (Wildman–Crippen MR) is 105 cm³/mol. The summed E-state index contributed by atoms with van der Waals surface area (Å²) in [4.78, 5) is 50.4. The van der Waals surface area contributed by atoms with Crippen molar-refractivity contribution in [1.82, 2.24) is 4.90 Å². The van der Waals surface area contributed by atoms with E-state index in [1.165, 1.54) is 0 Å². The van der Waals surface area contributed by atoms with Gasteiger partial charge < -0.3 is 10.1 Å². The van der Waals surface area contributed by atoms with Crippen LogP contribution in [0.4, 0.5) is 5.69 Å². The number of aryl methyl sites for hydroxylation is 1. The Morgan fingerprint density at radius 1 is 1.14 bits per heavy atom. The molecule has 7 nitrogen and oxygen atoms in total. The number of rotatable bonds is 5. The fraction of sp³-hybridized carbons (Fsp3) is 0.500. The number of nitrogens with zero attached hydrogens (tertiary/aromatic N) is 1. The van der Waals surface area contributed by atoms with Crippen molar-refractivity contribution in [3.8, 4) is 0 Å². The summed E-state index contributed by atoms with van der Waals surface area (Å²) in [6, 6.07) is 7.18. The third-order valence-electron chi connectivity index (χ3n) is 6.03. The minimum absolute atomic E-state index is 0.147. The maximum atomic E-state index is 12.7. The van der Waals surface area contributed by atoms with Gasteiger partial charge in [0, 0.05) is 5.69 Å². The van der Waals surface area contributed by atoms with Gasteiger partial charge >= 0.3 is 5.97 Å². The number of likely N-dealkylation sites (tertiary alicyclic amines) is 1. The number of amides is 3. The molecular formula is C20H20Cl2N2O5. The Morgan fingerprint density at radius 3 is 2.34 bits per heavy atom. The van der Waals surface area contributed by atoms with Gasteiger partial charge in [0.2, 0.25) is 11.8 Å². The van der Waals surface area contributed by atoms with E-state index in [9.17, 15) is 19.2 Å². The maximum Gasteiger partial charge on any atom is 0.326 e. The first-order valence-corrected chi connectivity index (χ1v) is 10.3. The first kappa shape index (κ1) is 20.2. The van der Waals surface area contributed by atoms with E-state index in [1.807, 2.05) is 13.0 Å². The third kappa shape index (κ3) is 3.51. The van der Waals surface area contributed by atoms with Crippen molar-refractivity contribution >= 4 is 52.6 Å². The SMILES string of the molecule is Cc1cccc(NC(=O)COC(=O)CN2C(=O)[C@@H]3[C@H]4C[C@@H]([C@@H](Cl)[C@H]4Cl)[C@H]3C2=O)c1. The average molecular weight is 439 g/mol. The number of halogens is 2. The average Bonchev–Trinajstić information content (AvgIpc) is 3.27. The van der Waals surface area contributed by atoms with E-state index in [0.717, 1.165) is 10.5 Å². The number of carbonyl (C=O) groups is 4. The predicted octanol–water partition coefficient (Wildman–Crippen LogP) is 1.94. The number of nitrogens with one attached hydrogen (secondary N) is 1. The van der Waals surface area contributed by atoms with E-state index >= 15 is 0 Å². The van der Waals surface area contributed by atoms with Gasteiger partial charge in [0.1, 0.15) is 6.54 Å². The number of hydrogen-bond acceptors (Lipinski definition) is 5. The fourth-order valence-electron chi connectivity index (χ4n) is 4.81. The van der Waals surface area contributed by atoms with Crippen LogP contribution in [0.3, 0.4) is 0 Å². The molecule has 0 aromatic heterocycles. The van der Waals surface area contributed by atoms with E-state index in [-0.39, 0.29) is 22.6 Å². The Morgan fingerprint density at radius 2 is 1.76 bits per heavy atom. The van der Waals surface area contributed by atoms with Gasteiger partial charge in [0.05, 0.1) is 22.6 Å². The van der Waals surface area contributed by atoms with Crippen LogP contribution in [0, 0.1) is 30.6 Å². The highest BCUT2D eigenvalue weighted by Crippen LogP contribution is 2.59. The number of alkyl halides is 2. The molecule has 1 aliphatic heterocycles. The Balaban J connectivity index is 1.32. The molecule has 154 valence electrons. The van der Waals surface area contributed by atoms with Crippen LogP contribution in [-0.2, 0) is 23.9 Å². The monoisotopic (exact) mass is 438 g/mol. The molecule has 3 amide bonds. The molecule has 2 aliphatic carbocycles. The first-order chi connectivity index (χ1) is 13.8. The standard InChI is InChI=1S/C20H20Cl2N2O5/c1-9-3-2-4-10(5-9)23-13(25)8-29-14(26)7-24-19(27)15-11-6-12(16(15)20(24)28)18(22)17(11)21/h2-5,11-12,15-18H,6-8H2,1H3,(H,23,25)/t11-,12-,15-,16-,17-,18+/m1/s1. The molecule has 29 heavy (non-hydrogen) atoms. The van der Waals surface area contributed by atoms with Gasteiger partial charge in [-0.15, -0.1) is 23.2 Å². The number of imide groups is 1. The zero-order valence-electron chi connectivity index (χ0n) is 15.6. The molecule has 0 spiro atoms. The summed E-state index contributed by atoms with van der Waals surface area (Å²) in [5, 5.41) is 1.92. The molecule has 1 aromatic carbocycles. The fourth-order valence-corrected chi connectivity index (χ4v) is 5.70. The minimum atomic E-state index is -0.816. The van der Waals surface area contributed by atoms with Crippen LogP contribution < -0.4 is 5.32 Å². The molecule has 1 saturated heterocycles. The van der Waals surface area contributed by atoms with E-state index in [2.05, 4.69) is 5.32 Å². The second kappa shape index (κ2) is 7.61. The molecule has 3 fully saturated rings. The molecule has 2 saturated carbocycles. The number of esters is 1. The molecule has 1 aromatic rings. The molecule has 6 atom stereocenters. The van der Waals surface area contributed by atoms with Crippen molar-refractivity contribution in [1.29, 1.82) is 0 Å². The molecule has 9 heteroatoms. The number of fused-ring (bicyclic) bond motifs is 5. The van der Waals surface area contributed by atoms with Crippen molar-refractivity contribution in [2.24, 2.45) is 23.7 Å². The summed E-state index contributed by atoms with van der Waals surface area (Å²) in [5.41, 5.74) is 1.56. The van der Waals surface area contributed by atoms with Crippen LogP contribution in [0.1, 0.15) is 12.0 Å². The number of benzene rings is 1. The van der Waals surface area contributed by atoms with Crippen LogP contribution in [0.5, 0.6) is 0 Å². The quantitative estimate of drug-likeness (QED) is 0.430. The number of carbonyl (C=O) groups excluding carboxylic acids is 4. The maximum absolute atomic E-state index is 12.7. The van der Waals surface area contributed by atoms with Crippen LogP contribution in [0.15, 0.2) is 24.3 Å². The van der Waals surface area contributed by atoms with Crippen LogP contribution in [0.25, 0.3) is 0 Å². The van der Waals surface area contributed by atoms with E-state index in [0.29, 0.717) is 12.1 Å². The number of ether oxygens (including phenoxy) is 1. The van der Waals surface area contributed by atoms with Gasteiger partial charge in [-0.3, -0.25) is 24.1 Å². The lowest BCUT2D eigenvalue weighted by molar-refractivity contribution is -0.154. The van der Waals surface area contributed by atoms with Crippen molar-refractivity contribution in [3.63, 3.8) is 0 Å². The lowest BCUT2D eigenvalue weighted by Crippen LogP contribution is -2.38. The highest BCUT2D eigenvalue weighted by atomic mass is 35.5. The van der Waals surface area contributed by atoms with Gasteiger partial charge in [-0.1, -0.05) is 12.1 Å². The van der Waals surface area contributed by atoms with Crippen molar-refractivity contribution in [2.45, 2.75) is 24.1 Å². The van der Waals surface area contributed by atoms with Crippen molar-refractivity contribution in [2.75, 3.05) is 18.5 Å². The molecule has 1 N–H and O–H groups in total. The smallest absolute Gasteiger partial charge is 0.326 e. The molecular weight excluding hydrogens is 419 g/mol. The summed E-state index contributed by atoms with van der Waals surface area (Å²) in [7, 11) is 0. The third-order valence-corrected chi connectivity index (χ3v) is 7.35. The number of hydrogen-bond donors (Lipinski definition) is 1. The zero-order valence-corrected chi connectivity index (χ0v) is 17.2. The summed E-state index contributed by atoms with van der Waals surface area (Å²) in [6.07, 6.45) is 0.659. The highest BCUT2D eigenvalue weighted by molar-refractivity contribution is 6.31. The highest BCUT2D eigenvalue weighted by Gasteiger charge is 2.66. The van der Waals surface area contributed by atoms with Crippen LogP contribution >= 0.6 is 23.2 Å². The summed E-state index contributed by atoms with van der Waals surface area (Å²) >= 11 is 12.6. The van der Waals surface area contributed by atoms with Gasteiger partial charge in [-0.25, -0.2) is 0 Å². The molecule has 1 heterocycles. The van der Waals surface area contributed by atoms with Gasteiger partial charge in [-0.2, -0.15) is 0 Å². The van der Waals surface area contributed by atoms with Crippen LogP contribution in [0.2, 0.25) is 0 Å². The lowest BCUT2D eigenvalue weighted by Gasteiger charge is -2.28. The zero-order chi connectivity index (χ0) is 20.9. The van der Waals surface area contributed by atoms with Crippen molar-refractivity contribution < 1.29 is 23.9 Å². The minimum Gasteiger partial charge on any atom is -0.454 e. The normalized spacial score (nSPS) is 32.4. The lowest BCUT2D eigenvalue weighted by atomic mass is 9.80. The Kier molecular flexibility index (Phi) is 5.29. The topological polar surface area (TPSA) is 92.8 Å². The Bertz CT molecular complexity index is 859. The molecule has 2 bridgehead atoms. The van der Waals surface area contributed by atoms with E-state index < -0.39 is 48.7 Å². The summed E-state index contributed by atoms with van der Waals surface area (Å²) < 4.78 is 4.95. The summed E-state index contributed by atoms with van der Waals surface area (Å²) in [6.45, 7) is 0.872. The second-order valence-electron chi connectivity index (χ2n) is 7.84. The number of anilines is 1.